The number of hydrogen-bond acceptors (Lipinski definition) is 4. The van der Waals surface area contributed by atoms with E-state index >= 15 is 0 Å². The summed E-state index contributed by atoms with van der Waals surface area (Å²) in [6, 6.07) is 13.6. The summed E-state index contributed by atoms with van der Waals surface area (Å²) in [4.78, 5) is 12.4. The zero-order chi connectivity index (χ0) is 19.3. The fourth-order valence-corrected chi connectivity index (χ4v) is 4.46. The first-order valence-electron chi connectivity index (χ1n) is 8.73. The van der Waals surface area contributed by atoms with Crippen LogP contribution in [0.25, 0.3) is 6.08 Å². The largest absolute Gasteiger partial charge is 0.496 e. The van der Waals surface area contributed by atoms with Crippen molar-refractivity contribution in [3.8, 4) is 5.75 Å². The molecule has 1 aliphatic heterocycles. The van der Waals surface area contributed by atoms with Gasteiger partial charge in [0, 0.05) is 30.4 Å². The molecule has 0 aromatic heterocycles. The molecule has 1 amide bonds. The smallest absolute Gasteiger partial charge is 0.248 e. The molecule has 7 heteroatoms. The minimum absolute atomic E-state index is 0.243. The van der Waals surface area contributed by atoms with Crippen LogP contribution >= 0.6 is 0 Å². The van der Waals surface area contributed by atoms with E-state index in [1.54, 1.807) is 25.3 Å². The number of sulfonamides is 1. The molecule has 1 N–H and O–H groups in total. The fraction of sp³-hybridized carbons (Fsp3) is 0.250. The van der Waals surface area contributed by atoms with E-state index in [0.29, 0.717) is 24.5 Å². The summed E-state index contributed by atoms with van der Waals surface area (Å²) in [6.45, 7) is 1.13. The molecule has 0 bridgehead atoms. The highest BCUT2D eigenvalue weighted by Gasteiger charge is 2.26. The lowest BCUT2D eigenvalue weighted by atomic mass is 10.2. The predicted molar refractivity (Wildman–Crippen MR) is 105 cm³/mol. The zero-order valence-electron chi connectivity index (χ0n) is 15.1. The Morgan fingerprint density at radius 2 is 1.74 bits per heavy atom. The summed E-state index contributed by atoms with van der Waals surface area (Å²) in [5, 5.41) is 2.72. The fourth-order valence-electron chi connectivity index (χ4n) is 2.94. The second-order valence-corrected chi connectivity index (χ2v) is 8.14. The molecule has 0 radical (unpaired) electrons. The number of benzene rings is 2. The first-order chi connectivity index (χ1) is 13.0. The highest BCUT2D eigenvalue weighted by atomic mass is 32.2. The van der Waals surface area contributed by atoms with Crippen molar-refractivity contribution in [2.24, 2.45) is 0 Å². The molecular weight excluding hydrogens is 364 g/mol. The number of amides is 1. The zero-order valence-corrected chi connectivity index (χ0v) is 15.9. The Bertz CT molecular complexity index is 931. The molecule has 3 rings (SSSR count). The van der Waals surface area contributed by atoms with Crippen molar-refractivity contribution in [1.29, 1.82) is 0 Å². The van der Waals surface area contributed by atoms with E-state index in [4.69, 9.17) is 4.74 Å². The van der Waals surface area contributed by atoms with Gasteiger partial charge in [0.1, 0.15) is 5.75 Å². The molecule has 0 unspecified atom stereocenters. The number of carbonyl (C=O) groups is 1. The van der Waals surface area contributed by atoms with Gasteiger partial charge in [0.25, 0.3) is 0 Å². The molecule has 2 aromatic carbocycles. The molecule has 0 atom stereocenters. The maximum absolute atomic E-state index is 12.5. The van der Waals surface area contributed by atoms with Gasteiger partial charge in [-0.3, -0.25) is 4.79 Å². The van der Waals surface area contributed by atoms with E-state index in [2.05, 4.69) is 5.32 Å². The minimum atomic E-state index is -3.45. The summed E-state index contributed by atoms with van der Waals surface area (Å²) >= 11 is 0. The van der Waals surface area contributed by atoms with Gasteiger partial charge in [0.2, 0.25) is 15.9 Å². The quantitative estimate of drug-likeness (QED) is 0.774. The van der Waals surface area contributed by atoms with Gasteiger partial charge in [-0.25, -0.2) is 8.42 Å². The maximum Gasteiger partial charge on any atom is 0.248 e. The molecule has 0 spiro atoms. The van der Waals surface area contributed by atoms with Gasteiger partial charge in [-0.2, -0.15) is 4.31 Å². The van der Waals surface area contributed by atoms with Gasteiger partial charge >= 0.3 is 0 Å². The van der Waals surface area contributed by atoms with Gasteiger partial charge in [0.05, 0.1) is 12.0 Å². The number of carbonyl (C=O) groups excluding carboxylic acids is 1. The Hall–Kier alpha value is -2.64. The Labute approximate surface area is 159 Å². The summed E-state index contributed by atoms with van der Waals surface area (Å²) in [5.41, 5.74) is 1.33. The topological polar surface area (TPSA) is 75.7 Å². The number of hydrogen-bond donors (Lipinski definition) is 1. The van der Waals surface area contributed by atoms with Gasteiger partial charge in [-0.15, -0.1) is 0 Å². The summed E-state index contributed by atoms with van der Waals surface area (Å²) < 4.78 is 31.7. The Balaban J connectivity index is 1.66. The number of methoxy groups -OCH3 is 1. The average Bonchev–Trinajstić information content (AvgIpc) is 3.23. The van der Waals surface area contributed by atoms with Crippen molar-refractivity contribution >= 4 is 27.7 Å². The van der Waals surface area contributed by atoms with Crippen LogP contribution in [-0.2, 0) is 14.8 Å². The van der Waals surface area contributed by atoms with Crippen LogP contribution in [-0.4, -0.2) is 38.8 Å². The molecule has 0 saturated carbocycles. The Morgan fingerprint density at radius 3 is 2.41 bits per heavy atom. The normalized spacial score (nSPS) is 15.1. The first-order valence-corrected chi connectivity index (χ1v) is 10.2. The average molecular weight is 386 g/mol. The minimum Gasteiger partial charge on any atom is -0.496 e. The van der Waals surface area contributed by atoms with E-state index in [0.717, 1.165) is 18.4 Å². The number of ether oxygens (including phenoxy) is 1. The third-order valence-electron chi connectivity index (χ3n) is 4.38. The van der Waals surface area contributed by atoms with Crippen molar-refractivity contribution < 1.29 is 17.9 Å². The van der Waals surface area contributed by atoms with Gasteiger partial charge < -0.3 is 10.1 Å². The highest BCUT2D eigenvalue weighted by Crippen LogP contribution is 2.22. The second-order valence-electron chi connectivity index (χ2n) is 6.20. The number of anilines is 1. The van der Waals surface area contributed by atoms with Crippen LogP contribution in [0.2, 0.25) is 0 Å². The molecule has 1 heterocycles. The molecule has 142 valence electrons. The first kappa shape index (κ1) is 19.1. The number of para-hydroxylation sites is 1. The van der Waals surface area contributed by atoms with E-state index in [1.165, 1.54) is 22.5 Å². The summed E-state index contributed by atoms with van der Waals surface area (Å²) in [6.07, 6.45) is 4.87. The van der Waals surface area contributed by atoms with Crippen LogP contribution in [0.3, 0.4) is 0 Å². The summed E-state index contributed by atoms with van der Waals surface area (Å²) in [5.74, 6) is 0.370. The van der Waals surface area contributed by atoms with Crippen LogP contribution < -0.4 is 10.1 Å². The van der Waals surface area contributed by atoms with Crippen molar-refractivity contribution in [2.45, 2.75) is 17.7 Å². The Morgan fingerprint density at radius 1 is 1.07 bits per heavy atom. The molecule has 0 aliphatic carbocycles. The molecule has 2 aromatic rings. The lowest BCUT2D eigenvalue weighted by molar-refractivity contribution is -0.111. The predicted octanol–water partition coefficient (Wildman–Crippen LogP) is 3.13. The molecule has 1 aliphatic rings. The molecule has 6 nitrogen and oxygen atoms in total. The maximum atomic E-state index is 12.5. The van der Waals surface area contributed by atoms with Crippen molar-refractivity contribution in [1.82, 2.24) is 4.31 Å². The lowest BCUT2D eigenvalue weighted by Crippen LogP contribution is -2.27. The van der Waals surface area contributed by atoms with E-state index < -0.39 is 10.0 Å². The lowest BCUT2D eigenvalue weighted by Gasteiger charge is -2.15. The van der Waals surface area contributed by atoms with Gasteiger partial charge in [-0.05, 0) is 49.2 Å². The number of nitrogens with zero attached hydrogens (tertiary/aromatic N) is 1. The van der Waals surface area contributed by atoms with Crippen LogP contribution in [0.4, 0.5) is 5.69 Å². The standard InChI is InChI=1S/C20H22N2O4S/c1-26-19-7-3-2-6-16(19)8-13-20(23)21-17-9-11-18(12-10-17)27(24,25)22-14-4-5-15-22/h2-3,6-13H,4-5,14-15H2,1H3,(H,21,23). The molecular formula is C20H22N2O4S. The van der Waals surface area contributed by atoms with Crippen molar-refractivity contribution in [3.05, 3.63) is 60.2 Å². The highest BCUT2D eigenvalue weighted by molar-refractivity contribution is 7.89. The van der Waals surface area contributed by atoms with Crippen LogP contribution in [0.1, 0.15) is 18.4 Å². The third-order valence-corrected chi connectivity index (χ3v) is 6.29. The van der Waals surface area contributed by atoms with Crippen LogP contribution in [0.15, 0.2) is 59.5 Å². The van der Waals surface area contributed by atoms with Crippen LogP contribution in [0.5, 0.6) is 5.75 Å². The van der Waals surface area contributed by atoms with Crippen molar-refractivity contribution in [3.63, 3.8) is 0 Å². The monoisotopic (exact) mass is 386 g/mol. The third kappa shape index (κ3) is 4.56. The van der Waals surface area contributed by atoms with Crippen molar-refractivity contribution in [2.75, 3.05) is 25.5 Å². The SMILES string of the molecule is COc1ccccc1C=CC(=O)Nc1ccc(S(=O)(=O)N2CCCC2)cc1. The molecule has 1 saturated heterocycles. The van der Waals surface area contributed by atoms with Crippen LogP contribution in [0, 0.1) is 0 Å². The number of rotatable bonds is 6. The Kier molecular flexibility index (Phi) is 5.93. The molecule has 27 heavy (non-hydrogen) atoms. The number of nitrogens with one attached hydrogen (secondary N) is 1. The summed E-state index contributed by atoms with van der Waals surface area (Å²) in [7, 11) is -1.87. The van der Waals surface area contributed by atoms with E-state index in [1.807, 2.05) is 24.3 Å². The molecule has 1 fully saturated rings. The van der Waals surface area contributed by atoms with Gasteiger partial charge in [-0.1, -0.05) is 18.2 Å². The van der Waals surface area contributed by atoms with E-state index in [-0.39, 0.29) is 10.8 Å². The van der Waals surface area contributed by atoms with E-state index in [9.17, 15) is 13.2 Å². The second kappa shape index (κ2) is 8.37. The van der Waals surface area contributed by atoms with Gasteiger partial charge in [0.15, 0.2) is 0 Å².